The van der Waals surface area contributed by atoms with Gasteiger partial charge in [-0.3, -0.25) is 9.78 Å². The van der Waals surface area contributed by atoms with Crippen LogP contribution in [0.15, 0.2) is 54.7 Å². The van der Waals surface area contributed by atoms with Gasteiger partial charge in [0.1, 0.15) is 0 Å². The Balaban J connectivity index is 1.77. The molecule has 0 bridgehead atoms. The summed E-state index contributed by atoms with van der Waals surface area (Å²) in [5, 5.41) is 3.94. The number of nitrogens with one attached hydrogen (secondary N) is 1. The Morgan fingerprint density at radius 2 is 1.92 bits per heavy atom. The van der Waals surface area contributed by atoms with Crippen LogP contribution >= 0.6 is 0 Å². The molecule has 0 fully saturated rings. The average Bonchev–Trinajstić information content (AvgIpc) is 2.65. The van der Waals surface area contributed by atoms with E-state index in [0.717, 1.165) is 16.5 Å². The Morgan fingerprint density at radius 1 is 1.08 bits per heavy atom. The first-order valence-electron chi connectivity index (χ1n) is 7.56. The van der Waals surface area contributed by atoms with Crippen molar-refractivity contribution in [2.75, 3.05) is 14.2 Å². The number of nitrogens with zero attached hydrogens (tertiary/aromatic N) is 1. The normalized spacial score (nSPS) is 10.4. The van der Waals surface area contributed by atoms with E-state index in [1.807, 2.05) is 30.3 Å². The summed E-state index contributed by atoms with van der Waals surface area (Å²) in [4.78, 5) is 16.9. The first kappa shape index (κ1) is 15.8. The van der Waals surface area contributed by atoms with Gasteiger partial charge in [-0.25, -0.2) is 0 Å². The fraction of sp³-hybridized carbons (Fsp3) is 0.158. The van der Waals surface area contributed by atoms with Gasteiger partial charge >= 0.3 is 0 Å². The zero-order chi connectivity index (χ0) is 16.9. The zero-order valence-electron chi connectivity index (χ0n) is 13.6. The molecule has 0 atom stereocenters. The Bertz CT molecular complexity index is 877. The first-order valence-corrected chi connectivity index (χ1v) is 7.56. The molecule has 0 spiro atoms. The lowest BCUT2D eigenvalue weighted by atomic mass is 10.1. The molecule has 0 aliphatic carbocycles. The van der Waals surface area contributed by atoms with E-state index in [1.165, 1.54) is 7.11 Å². The van der Waals surface area contributed by atoms with Crippen molar-refractivity contribution in [1.82, 2.24) is 10.3 Å². The Hall–Kier alpha value is -3.08. The van der Waals surface area contributed by atoms with Gasteiger partial charge in [0.05, 0.1) is 25.3 Å². The van der Waals surface area contributed by atoms with E-state index < -0.39 is 0 Å². The molecule has 0 saturated heterocycles. The number of para-hydroxylation sites is 2. The summed E-state index contributed by atoms with van der Waals surface area (Å²) < 4.78 is 10.5. The summed E-state index contributed by atoms with van der Waals surface area (Å²) >= 11 is 0. The van der Waals surface area contributed by atoms with Gasteiger partial charge in [0, 0.05) is 18.1 Å². The smallest absolute Gasteiger partial charge is 0.255 e. The SMILES string of the molecule is COc1cccc(C(=O)NCc2cnc3ccccc3c2)c1OC. The first-order chi connectivity index (χ1) is 11.7. The van der Waals surface area contributed by atoms with Crippen LogP contribution in [0.1, 0.15) is 15.9 Å². The average molecular weight is 322 g/mol. The van der Waals surface area contributed by atoms with Gasteiger partial charge in [0.15, 0.2) is 11.5 Å². The molecule has 3 aromatic rings. The summed E-state index contributed by atoms with van der Waals surface area (Å²) in [5.41, 5.74) is 2.30. The number of benzene rings is 2. The number of amides is 1. The molecular weight excluding hydrogens is 304 g/mol. The third-order valence-corrected chi connectivity index (χ3v) is 3.75. The highest BCUT2D eigenvalue weighted by Crippen LogP contribution is 2.30. The molecule has 0 aliphatic rings. The Kier molecular flexibility index (Phi) is 4.61. The second-order valence-corrected chi connectivity index (χ2v) is 5.26. The van der Waals surface area contributed by atoms with E-state index in [4.69, 9.17) is 9.47 Å². The summed E-state index contributed by atoms with van der Waals surface area (Å²) in [5.74, 6) is 0.727. The predicted octanol–water partition coefficient (Wildman–Crippen LogP) is 3.18. The summed E-state index contributed by atoms with van der Waals surface area (Å²) in [6.07, 6.45) is 1.77. The number of ether oxygens (including phenoxy) is 2. The van der Waals surface area contributed by atoms with Gasteiger partial charge in [0.2, 0.25) is 0 Å². The number of pyridine rings is 1. The number of carbonyl (C=O) groups excluding carboxylic acids is 1. The fourth-order valence-corrected chi connectivity index (χ4v) is 2.56. The number of carbonyl (C=O) groups is 1. The van der Waals surface area contributed by atoms with Crippen LogP contribution in [0.2, 0.25) is 0 Å². The van der Waals surface area contributed by atoms with E-state index in [2.05, 4.69) is 10.3 Å². The second kappa shape index (κ2) is 7.00. The molecule has 122 valence electrons. The van der Waals surface area contributed by atoms with Crippen molar-refractivity contribution >= 4 is 16.8 Å². The van der Waals surface area contributed by atoms with Crippen LogP contribution in [-0.2, 0) is 6.54 Å². The second-order valence-electron chi connectivity index (χ2n) is 5.26. The largest absolute Gasteiger partial charge is 0.493 e. The maximum atomic E-state index is 12.5. The Labute approximate surface area is 140 Å². The van der Waals surface area contributed by atoms with Crippen LogP contribution < -0.4 is 14.8 Å². The van der Waals surface area contributed by atoms with Gasteiger partial charge in [0.25, 0.3) is 5.91 Å². The van der Waals surface area contributed by atoms with E-state index in [0.29, 0.717) is 23.6 Å². The van der Waals surface area contributed by atoms with Crippen LogP contribution in [-0.4, -0.2) is 25.1 Å². The third-order valence-electron chi connectivity index (χ3n) is 3.75. The third kappa shape index (κ3) is 3.15. The highest BCUT2D eigenvalue weighted by atomic mass is 16.5. The lowest BCUT2D eigenvalue weighted by molar-refractivity contribution is 0.0947. The van der Waals surface area contributed by atoms with E-state index in [-0.39, 0.29) is 5.91 Å². The van der Waals surface area contributed by atoms with Crippen molar-refractivity contribution in [2.45, 2.75) is 6.54 Å². The molecule has 24 heavy (non-hydrogen) atoms. The molecule has 5 heteroatoms. The number of hydrogen-bond donors (Lipinski definition) is 1. The quantitative estimate of drug-likeness (QED) is 0.784. The van der Waals surface area contributed by atoms with Crippen molar-refractivity contribution in [3.8, 4) is 11.5 Å². The van der Waals surface area contributed by atoms with Crippen molar-refractivity contribution < 1.29 is 14.3 Å². The van der Waals surface area contributed by atoms with Crippen LogP contribution in [0, 0.1) is 0 Å². The van der Waals surface area contributed by atoms with Gasteiger partial charge < -0.3 is 14.8 Å². The fourth-order valence-electron chi connectivity index (χ4n) is 2.56. The molecule has 5 nitrogen and oxygen atoms in total. The number of hydrogen-bond acceptors (Lipinski definition) is 4. The van der Waals surface area contributed by atoms with Gasteiger partial charge in [-0.1, -0.05) is 24.3 Å². The summed E-state index contributed by atoms with van der Waals surface area (Å²) in [6.45, 7) is 0.386. The summed E-state index contributed by atoms with van der Waals surface area (Å²) in [6, 6.07) is 15.1. The van der Waals surface area contributed by atoms with E-state index >= 15 is 0 Å². The molecule has 1 heterocycles. The van der Waals surface area contributed by atoms with Crippen molar-refractivity contribution in [3.63, 3.8) is 0 Å². The topological polar surface area (TPSA) is 60.5 Å². The number of fused-ring (bicyclic) bond motifs is 1. The monoisotopic (exact) mass is 322 g/mol. The zero-order valence-corrected chi connectivity index (χ0v) is 13.6. The van der Waals surface area contributed by atoms with E-state index in [9.17, 15) is 4.79 Å². The van der Waals surface area contributed by atoms with Crippen molar-refractivity contribution in [2.24, 2.45) is 0 Å². The molecule has 2 aromatic carbocycles. The van der Waals surface area contributed by atoms with Crippen LogP contribution in [0.4, 0.5) is 0 Å². The Morgan fingerprint density at radius 3 is 2.71 bits per heavy atom. The highest BCUT2D eigenvalue weighted by Gasteiger charge is 2.16. The highest BCUT2D eigenvalue weighted by molar-refractivity contribution is 5.97. The van der Waals surface area contributed by atoms with Crippen LogP contribution in [0.3, 0.4) is 0 Å². The van der Waals surface area contributed by atoms with Crippen molar-refractivity contribution in [3.05, 3.63) is 65.9 Å². The minimum absolute atomic E-state index is 0.223. The lowest BCUT2D eigenvalue weighted by Crippen LogP contribution is -2.23. The molecule has 1 N–H and O–H groups in total. The molecule has 0 saturated carbocycles. The molecule has 0 radical (unpaired) electrons. The minimum Gasteiger partial charge on any atom is -0.493 e. The summed E-state index contributed by atoms with van der Waals surface area (Å²) in [7, 11) is 3.06. The maximum absolute atomic E-state index is 12.5. The maximum Gasteiger partial charge on any atom is 0.255 e. The number of methoxy groups -OCH3 is 2. The molecule has 1 amide bonds. The van der Waals surface area contributed by atoms with E-state index in [1.54, 1.807) is 31.5 Å². The molecule has 3 rings (SSSR count). The number of aromatic nitrogens is 1. The lowest BCUT2D eigenvalue weighted by Gasteiger charge is -2.12. The van der Waals surface area contributed by atoms with Gasteiger partial charge in [-0.2, -0.15) is 0 Å². The predicted molar refractivity (Wildman–Crippen MR) is 92.5 cm³/mol. The number of rotatable bonds is 5. The van der Waals surface area contributed by atoms with Crippen molar-refractivity contribution in [1.29, 1.82) is 0 Å². The standard InChI is InChI=1S/C19H18N2O3/c1-23-17-9-5-7-15(18(17)24-2)19(22)21-12-13-10-14-6-3-4-8-16(14)20-11-13/h3-11H,12H2,1-2H3,(H,21,22). The minimum atomic E-state index is -0.223. The molecule has 0 unspecified atom stereocenters. The van der Waals surface area contributed by atoms with Crippen LogP contribution in [0.5, 0.6) is 11.5 Å². The molecule has 1 aromatic heterocycles. The molecule has 0 aliphatic heterocycles. The molecular formula is C19H18N2O3. The van der Waals surface area contributed by atoms with Gasteiger partial charge in [-0.15, -0.1) is 0 Å². The van der Waals surface area contributed by atoms with Gasteiger partial charge in [-0.05, 0) is 29.8 Å². The van der Waals surface area contributed by atoms with Crippen LogP contribution in [0.25, 0.3) is 10.9 Å².